The molecule has 0 aromatic heterocycles. The van der Waals surface area contributed by atoms with Gasteiger partial charge in [0.2, 0.25) is 0 Å². The molecule has 0 heterocycles. The zero-order valence-electron chi connectivity index (χ0n) is 22.7. The smallest absolute Gasteiger partial charge is 0.744 e. The van der Waals surface area contributed by atoms with Crippen LogP contribution in [0.1, 0.15) is 128 Å². The van der Waals surface area contributed by atoms with Gasteiger partial charge in [0.25, 0.3) is 0 Å². The van der Waals surface area contributed by atoms with E-state index in [-0.39, 0.29) is 34.5 Å². The number of hydrogen-bond donors (Lipinski definition) is 0. The molecule has 0 N–H and O–H groups in total. The van der Waals surface area contributed by atoms with Crippen molar-refractivity contribution in [2.24, 2.45) is 0 Å². The van der Waals surface area contributed by atoms with Gasteiger partial charge < -0.3 is 4.55 Å². The van der Waals surface area contributed by atoms with Gasteiger partial charge in [-0.2, -0.15) is 0 Å². The van der Waals surface area contributed by atoms with Gasteiger partial charge >= 0.3 is 29.6 Å². The fourth-order valence-electron chi connectivity index (χ4n) is 5.10. The van der Waals surface area contributed by atoms with E-state index in [1.807, 2.05) is 30.3 Å². The van der Waals surface area contributed by atoms with E-state index in [2.05, 4.69) is 13.8 Å². The summed E-state index contributed by atoms with van der Waals surface area (Å²) in [5.74, 6) is 0. The van der Waals surface area contributed by atoms with Crippen LogP contribution in [0, 0.1) is 0 Å². The molecule has 5 heteroatoms. The molecule has 2 aromatic rings. The quantitative estimate of drug-likeness (QED) is 0.130. The van der Waals surface area contributed by atoms with E-state index in [0.717, 1.165) is 47.6 Å². The van der Waals surface area contributed by atoms with Crippen molar-refractivity contribution >= 4 is 20.9 Å². The van der Waals surface area contributed by atoms with Crippen LogP contribution in [-0.4, -0.2) is 13.0 Å². The molecular formula is C30H47NaO3S. The summed E-state index contributed by atoms with van der Waals surface area (Å²) in [6, 6.07) is 9.92. The molecule has 35 heavy (non-hydrogen) atoms. The van der Waals surface area contributed by atoms with E-state index in [1.54, 1.807) is 0 Å². The maximum atomic E-state index is 12.4. The van der Waals surface area contributed by atoms with Crippen molar-refractivity contribution in [1.29, 1.82) is 0 Å². The number of aryl methyl sites for hydroxylation is 2. The van der Waals surface area contributed by atoms with Crippen molar-refractivity contribution in [3.8, 4) is 0 Å². The molecule has 0 saturated heterocycles. The Labute approximate surface area is 237 Å². The van der Waals surface area contributed by atoms with E-state index < -0.39 is 10.1 Å². The molecule has 0 amide bonds. The van der Waals surface area contributed by atoms with E-state index in [1.165, 1.54) is 77.0 Å². The van der Waals surface area contributed by atoms with Gasteiger partial charge in [0.05, 0.1) is 4.90 Å². The summed E-state index contributed by atoms with van der Waals surface area (Å²) in [5, 5.41) is 1.98. The molecule has 0 saturated carbocycles. The Hall–Kier alpha value is -0.390. The van der Waals surface area contributed by atoms with Crippen LogP contribution in [0.15, 0.2) is 35.2 Å². The normalized spacial score (nSPS) is 11.6. The predicted molar refractivity (Wildman–Crippen MR) is 145 cm³/mol. The number of benzene rings is 2. The first kappa shape index (κ1) is 32.6. The number of unbranched alkanes of at least 4 members (excludes halogenated alkanes) is 14. The zero-order chi connectivity index (χ0) is 24.7. The summed E-state index contributed by atoms with van der Waals surface area (Å²) in [6.45, 7) is 4.46. The summed E-state index contributed by atoms with van der Waals surface area (Å²) >= 11 is 0. The molecule has 0 atom stereocenters. The SMILES string of the molecule is CCCCCCCCCCc1cc2ccccc2c(CCCCCCCCCC)c1S(=O)(=O)[O-].[Na+]. The Kier molecular flexibility index (Phi) is 17.5. The molecule has 0 aliphatic carbocycles. The van der Waals surface area contributed by atoms with Gasteiger partial charge in [-0.05, 0) is 53.6 Å². The van der Waals surface area contributed by atoms with Crippen LogP contribution >= 0.6 is 0 Å². The topological polar surface area (TPSA) is 57.2 Å². The van der Waals surface area contributed by atoms with Crippen LogP contribution in [0.5, 0.6) is 0 Å². The first-order valence-electron chi connectivity index (χ1n) is 14.0. The number of hydrogen-bond acceptors (Lipinski definition) is 3. The monoisotopic (exact) mass is 510 g/mol. The van der Waals surface area contributed by atoms with E-state index in [0.29, 0.717) is 12.8 Å². The second-order valence-electron chi connectivity index (χ2n) is 9.97. The third kappa shape index (κ3) is 12.1. The van der Waals surface area contributed by atoms with Crippen LogP contribution in [0.2, 0.25) is 0 Å². The molecule has 192 valence electrons. The third-order valence-corrected chi connectivity index (χ3v) is 8.02. The second kappa shape index (κ2) is 18.8. The Morgan fingerprint density at radius 3 is 1.63 bits per heavy atom. The molecule has 0 unspecified atom stereocenters. The van der Waals surface area contributed by atoms with Gasteiger partial charge in [-0.15, -0.1) is 0 Å². The van der Waals surface area contributed by atoms with Gasteiger partial charge in [-0.25, -0.2) is 8.42 Å². The van der Waals surface area contributed by atoms with E-state index in [9.17, 15) is 13.0 Å². The minimum atomic E-state index is -4.52. The number of fused-ring (bicyclic) bond motifs is 1. The maximum absolute atomic E-state index is 12.4. The van der Waals surface area contributed by atoms with Crippen LogP contribution in [0.25, 0.3) is 10.8 Å². The predicted octanol–water partition coefficient (Wildman–Crippen LogP) is 6.11. The molecule has 2 rings (SSSR count). The van der Waals surface area contributed by atoms with Gasteiger partial charge in [-0.3, -0.25) is 0 Å². The standard InChI is InChI=1S/C30H48O3S.Na/c1-3-5-7-9-11-13-15-17-22-27-25-26-21-19-20-23-28(26)29(30(27)34(31,32)33)24-18-16-14-12-10-8-6-4-2;/h19-21,23,25H,3-18,22,24H2,1-2H3,(H,31,32,33);/q;+1/p-1. The fourth-order valence-corrected chi connectivity index (χ4v) is 6.09. The Bertz CT molecular complexity index is 940. The molecule has 0 fully saturated rings. The summed E-state index contributed by atoms with van der Waals surface area (Å²) in [5.41, 5.74) is 1.49. The molecule has 0 aliphatic rings. The maximum Gasteiger partial charge on any atom is 1.00 e. The minimum Gasteiger partial charge on any atom is -0.744 e. The van der Waals surface area contributed by atoms with Gasteiger partial charge in [-0.1, -0.05) is 128 Å². The van der Waals surface area contributed by atoms with Crippen molar-refractivity contribution in [1.82, 2.24) is 0 Å². The first-order chi connectivity index (χ1) is 16.5. The number of rotatable bonds is 19. The molecule has 0 radical (unpaired) electrons. The first-order valence-corrected chi connectivity index (χ1v) is 15.4. The largest absolute Gasteiger partial charge is 1.00 e. The summed E-state index contributed by atoms with van der Waals surface area (Å²) in [6.07, 6.45) is 20.5. The molecule has 0 bridgehead atoms. The average Bonchev–Trinajstić information content (AvgIpc) is 2.81. The molecular weight excluding hydrogens is 463 g/mol. The second-order valence-corrected chi connectivity index (χ2v) is 11.3. The Morgan fingerprint density at radius 2 is 1.11 bits per heavy atom. The zero-order valence-corrected chi connectivity index (χ0v) is 25.6. The fraction of sp³-hybridized carbons (Fsp3) is 0.667. The van der Waals surface area contributed by atoms with E-state index >= 15 is 0 Å². The molecule has 2 aromatic carbocycles. The van der Waals surface area contributed by atoms with Crippen molar-refractivity contribution in [3.63, 3.8) is 0 Å². The van der Waals surface area contributed by atoms with Gasteiger partial charge in [0.1, 0.15) is 10.1 Å². The summed E-state index contributed by atoms with van der Waals surface area (Å²) in [7, 11) is -4.52. The average molecular weight is 511 g/mol. The Balaban J connectivity index is 0.00000612. The van der Waals surface area contributed by atoms with Crippen molar-refractivity contribution < 1.29 is 42.5 Å². The summed E-state index contributed by atoms with van der Waals surface area (Å²) < 4.78 is 37.3. The molecule has 0 spiro atoms. The molecule has 3 nitrogen and oxygen atoms in total. The van der Waals surface area contributed by atoms with Crippen LogP contribution in [0.4, 0.5) is 0 Å². The van der Waals surface area contributed by atoms with Crippen LogP contribution < -0.4 is 29.6 Å². The molecule has 0 aliphatic heterocycles. The van der Waals surface area contributed by atoms with Crippen LogP contribution in [0.3, 0.4) is 0 Å². The van der Waals surface area contributed by atoms with Crippen LogP contribution in [-0.2, 0) is 23.0 Å². The van der Waals surface area contributed by atoms with Crippen molar-refractivity contribution in [2.45, 2.75) is 134 Å². The van der Waals surface area contributed by atoms with E-state index in [4.69, 9.17) is 0 Å². The third-order valence-electron chi connectivity index (χ3n) is 7.01. The van der Waals surface area contributed by atoms with Crippen molar-refractivity contribution in [3.05, 3.63) is 41.5 Å². The minimum absolute atomic E-state index is 0. The van der Waals surface area contributed by atoms with Gasteiger partial charge in [0, 0.05) is 0 Å². The van der Waals surface area contributed by atoms with Crippen molar-refractivity contribution in [2.75, 3.05) is 0 Å². The van der Waals surface area contributed by atoms with Gasteiger partial charge in [0.15, 0.2) is 0 Å². The Morgan fingerprint density at radius 1 is 0.657 bits per heavy atom. The summed E-state index contributed by atoms with van der Waals surface area (Å²) in [4.78, 5) is 0.0806.